The minimum absolute atomic E-state index is 0.0116. The Morgan fingerprint density at radius 2 is 2.00 bits per heavy atom. The standard InChI is InChI=1S/C22H24N2O2S/c1-15(17-11-10-16-6-2-3-7-18(16)12-17)23-22(25)14-27-13-20-19-8-4-5-9-21(19)26-24-20/h2-3,6-7,10-12,15H,4-5,8-9,13-14H2,1H3,(H,23,25). The second-order valence-electron chi connectivity index (χ2n) is 7.13. The number of benzene rings is 2. The molecule has 0 radical (unpaired) electrons. The Hall–Kier alpha value is -2.27. The first-order valence-corrected chi connectivity index (χ1v) is 10.7. The predicted molar refractivity (Wildman–Crippen MR) is 110 cm³/mol. The Labute approximate surface area is 163 Å². The van der Waals surface area contributed by atoms with Crippen molar-refractivity contribution in [1.82, 2.24) is 10.5 Å². The molecule has 5 heteroatoms. The van der Waals surface area contributed by atoms with Crippen molar-refractivity contribution in [2.24, 2.45) is 0 Å². The van der Waals surface area contributed by atoms with E-state index in [1.54, 1.807) is 11.8 Å². The summed E-state index contributed by atoms with van der Waals surface area (Å²) in [7, 11) is 0. The minimum Gasteiger partial charge on any atom is -0.361 e. The van der Waals surface area contributed by atoms with Crippen LogP contribution in [-0.4, -0.2) is 16.8 Å². The molecule has 0 saturated heterocycles. The van der Waals surface area contributed by atoms with Gasteiger partial charge in [0.25, 0.3) is 0 Å². The third-order valence-corrected chi connectivity index (χ3v) is 6.10. The van der Waals surface area contributed by atoms with Crippen molar-refractivity contribution < 1.29 is 9.32 Å². The van der Waals surface area contributed by atoms with Crippen molar-refractivity contribution in [2.45, 2.75) is 44.4 Å². The van der Waals surface area contributed by atoms with E-state index in [1.165, 1.54) is 29.2 Å². The Bertz CT molecular complexity index is 950. The second kappa shape index (κ2) is 8.17. The van der Waals surface area contributed by atoms with Gasteiger partial charge in [0.15, 0.2) is 0 Å². The molecule has 1 atom stereocenters. The van der Waals surface area contributed by atoms with Crippen LogP contribution in [0.5, 0.6) is 0 Å². The van der Waals surface area contributed by atoms with Crippen LogP contribution in [0.1, 0.15) is 48.4 Å². The van der Waals surface area contributed by atoms with Crippen LogP contribution in [0, 0.1) is 0 Å². The first-order chi connectivity index (χ1) is 13.2. The molecule has 0 aliphatic heterocycles. The van der Waals surface area contributed by atoms with E-state index in [-0.39, 0.29) is 11.9 Å². The average molecular weight is 381 g/mol. The Kier molecular flexibility index (Phi) is 5.48. The number of nitrogens with zero attached hydrogens (tertiary/aromatic N) is 1. The molecule has 0 fully saturated rings. The molecule has 140 valence electrons. The van der Waals surface area contributed by atoms with E-state index in [2.05, 4.69) is 40.8 Å². The summed E-state index contributed by atoms with van der Waals surface area (Å²) < 4.78 is 5.44. The summed E-state index contributed by atoms with van der Waals surface area (Å²) in [5.41, 5.74) is 3.42. The molecule has 1 N–H and O–H groups in total. The van der Waals surface area contributed by atoms with Crippen molar-refractivity contribution in [1.29, 1.82) is 0 Å². The molecule has 1 unspecified atom stereocenters. The number of hydrogen-bond acceptors (Lipinski definition) is 4. The summed E-state index contributed by atoms with van der Waals surface area (Å²) >= 11 is 1.60. The first-order valence-electron chi connectivity index (χ1n) is 9.53. The number of nitrogens with one attached hydrogen (secondary N) is 1. The number of aromatic nitrogens is 1. The van der Waals surface area contributed by atoms with Crippen molar-refractivity contribution in [3.05, 3.63) is 65.0 Å². The summed E-state index contributed by atoms with van der Waals surface area (Å²) in [5.74, 6) is 2.26. The van der Waals surface area contributed by atoms with E-state index in [1.807, 2.05) is 19.1 Å². The van der Waals surface area contributed by atoms with E-state index in [0.29, 0.717) is 5.75 Å². The zero-order chi connectivity index (χ0) is 18.6. The van der Waals surface area contributed by atoms with E-state index < -0.39 is 0 Å². The van der Waals surface area contributed by atoms with Gasteiger partial charge in [0.1, 0.15) is 5.76 Å². The number of fused-ring (bicyclic) bond motifs is 2. The summed E-state index contributed by atoms with van der Waals surface area (Å²) in [6.07, 6.45) is 4.44. The summed E-state index contributed by atoms with van der Waals surface area (Å²) in [6.45, 7) is 2.03. The third kappa shape index (κ3) is 4.19. The first kappa shape index (κ1) is 18.1. The second-order valence-corrected chi connectivity index (χ2v) is 8.11. The lowest BCUT2D eigenvalue weighted by Gasteiger charge is -2.15. The highest BCUT2D eigenvalue weighted by Gasteiger charge is 2.19. The van der Waals surface area contributed by atoms with Crippen LogP contribution < -0.4 is 5.32 Å². The maximum Gasteiger partial charge on any atom is 0.230 e. The fraction of sp³-hybridized carbons (Fsp3) is 0.364. The smallest absolute Gasteiger partial charge is 0.230 e. The monoisotopic (exact) mass is 380 g/mol. The lowest BCUT2D eigenvalue weighted by atomic mass is 9.97. The van der Waals surface area contributed by atoms with Crippen LogP contribution in [0.4, 0.5) is 0 Å². The molecule has 4 rings (SSSR count). The van der Waals surface area contributed by atoms with Gasteiger partial charge in [-0.2, -0.15) is 0 Å². The molecule has 1 aliphatic rings. The molecule has 4 nitrogen and oxygen atoms in total. The molecule has 0 spiro atoms. The molecule has 0 saturated carbocycles. The maximum atomic E-state index is 12.3. The highest BCUT2D eigenvalue weighted by molar-refractivity contribution is 7.99. The molecule has 2 aromatic carbocycles. The highest BCUT2D eigenvalue weighted by Crippen LogP contribution is 2.27. The van der Waals surface area contributed by atoms with Crippen LogP contribution >= 0.6 is 11.8 Å². The fourth-order valence-electron chi connectivity index (χ4n) is 3.65. The van der Waals surface area contributed by atoms with Gasteiger partial charge in [-0.1, -0.05) is 41.6 Å². The largest absolute Gasteiger partial charge is 0.361 e. The molecule has 0 bridgehead atoms. The van der Waals surface area contributed by atoms with Crippen LogP contribution in [-0.2, 0) is 23.4 Å². The van der Waals surface area contributed by atoms with Crippen LogP contribution in [0.25, 0.3) is 10.8 Å². The van der Waals surface area contributed by atoms with E-state index in [9.17, 15) is 4.79 Å². The van der Waals surface area contributed by atoms with Gasteiger partial charge >= 0.3 is 0 Å². The lowest BCUT2D eigenvalue weighted by molar-refractivity contribution is -0.119. The molecule has 1 amide bonds. The number of carbonyl (C=O) groups is 1. The van der Waals surface area contributed by atoms with Gasteiger partial charge in [-0.25, -0.2) is 0 Å². The van der Waals surface area contributed by atoms with Crippen molar-refractivity contribution in [2.75, 3.05) is 5.75 Å². The van der Waals surface area contributed by atoms with Gasteiger partial charge < -0.3 is 9.84 Å². The van der Waals surface area contributed by atoms with E-state index >= 15 is 0 Å². The van der Waals surface area contributed by atoms with Crippen molar-refractivity contribution in [3.8, 4) is 0 Å². The summed E-state index contributed by atoms with van der Waals surface area (Å²) in [6, 6.07) is 14.6. The Morgan fingerprint density at radius 1 is 1.19 bits per heavy atom. The molecule has 3 aromatic rings. The summed E-state index contributed by atoms with van der Waals surface area (Å²) in [4.78, 5) is 12.3. The number of aryl methyl sites for hydroxylation is 1. The molecule has 27 heavy (non-hydrogen) atoms. The van der Waals surface area contributed by atoms with E-state index in [4.69, 9.17) is 4.52 Å². The van der Waals surface area contributed by atoms with Gasteiger partial charge in [0, 0.05) is 17.7 Å². The number of carbonyl (C=O) groups excluding carboxylic acids is 1. The van der Waals surface area contributed by atoms with E-state index in [0.717, 1.165) is 35.6 Å². The zero-order valence-corrected chi connectivity index (χ0v) is 16.3. The molecule has 1 aromatic heterocycles. The van der Waals surface area contributed by atoms with Crippen molar-refractivity contribution >= 4 is 28.4 Å². The Morgan fingerprint density at radius 3 is 2.89 bits per heavy atom. The van der Waals surface area contributed by atoms with Gasteiger partial charge in [-0.15, -0.1) is 11.8 Å². The molecule has 1 aliphatic carbocycles. The number of hydrogen-bond donors (Lipinski definition) is 1. The normalized spacial score (nSPS) is 14.7. The SMILES string of the molecule is CC(NC(=O)CSCc1noc2c1CCCC2)c1ccc2ccccc2c1. The Balaban J connectivity index is 1.30. The minimum atomic E-state index is -0.0116. The summed E-state index contributed by atoms with van der Waals surface area (Å²) in [5, 5.41) is 9.71. The quantitative estimate of drug-likeness (QED) is 0.666. The zero-order valence-electron chi connectivity index (χ0n) is 15.5. The molecular weight excluding hydrogens is 356 g/mol. The average Bonchev–Trinajstić information content (AvgIpc) is 3.11. The number of amides is 1. The van der Waals surface area contributed by atoms with Gasteiger partial charge in [-0.3, -0.25) is 4.79 Å². The number of rotatable bonds is 6. The molecular formula is C22H24N2O2S. The van der Waals surface area contributed by atoms with Crippen LogP contribution in [0.2, 0.25) is 0 Å². The van der Waals surface area contributed by atoms with Gasteiger partial charge in [0.2, 0.25) is 5.91 Å². The highest BCUT2D eigenvalue weighted by atomic mass is 32.2. The van der Waals surface area contributed by atoms with Crippen molar-refractivity contribution in [3.63, 3.8) is 0 Å². The predicted octanol–water partition coefficient (Wildman–Crippen LogP) is 4.82. The van der Waals surface area contributed by atoms with Gasteiger partial charge in [-0.05, 0) is 48.6 Å². The topological polar surface area (TPSA) is 55.1 Å². The maximum absolute atomic E-state index is 12.3. The third-order valence-electron chi connectivity index (χ3n) is 5.15. The van der Waals surface area contributed by atoms with Crippen LogP contribution in [0.15, 0.2) is 47.0 Å². The van der Waals surface area contributed by atoms with Crippen LogP contribution in [0.3, 0.4) is 0 Å². The fourth-order valence-corrected chi connectivity index (χ4v) is 4.44. The van der Waals surface area contributed by atoms with Gasteiger partial charge in [0.05, 0.1) is 17.5 Å². The molecule has 1 heterocycles. The number of thioether (sulfide) groups is 1. The lowest BCUT2D eigenvalue weighted by Crippen LogP contribution is -2.28.